The summed E-state index contributed by atoms with van der Waals surface area (Å²) in [6.07, 6.45) is 2.72. The average molecular weight is 170 g/mol. The molecule has 0 radical (unpaired) electrons. The second-order valence-electron chi connectivity index (χ2n) is 2.94. The molecule has 0 saturated carbocycles. The van der Waals surface area contributed by atoms with Crippen LogP contribution in [0.5, 0.6) is 0 Å². The predicted octanol–water partition coefficient (Wildman–Crippen LogP) is 0.676. The topological polar surface area (TPSA) is 50.7 Å². The molecular weight excluding hydrogens is 156 g/mol. The Morgan fingerprint density at radius 3 is 3.17 bits per heavy atom. The molecule has 0 bridgehead atoms. The summed E-state index contributed by atoms with van der Waals surface area (Å²) in [5.74, 6) is -0.0677. The van der Waals surface area contributed by atoms with Gasteiger partial charge in [0.15, 0.2) is 0 Å². The second kappa shape index (κ2) is 4.09. The largest absolute Gasteiger partial charge is 0.382 e. The van der Waals surface area contributed by atoms with Crippen molar-refractivity contribution in [3.8, 4) is 0 Å². The van der Waals surface area contributed by atoms with Crippen LogP contribution >= 0.6 is 0 Å². The molecule has 0 aliphatic carbocycles. The zero-order valence-corrected chi connectivity index (χ0v) is 7.41. The van der Waals surface area contributed by atoms with E-state index < -0.39 is 6.10 Å². The molecule has 2 atom stereocenters. The molecule has 0 saturated heterocycles. The zero-order chi connectivity index (χ0) is 8.97. The molecule has 1 aliphatic rings. The Bertz CT molecular complexity index is 183. The molecule has 0 aromatic rings. The highest BCUT2D eigenvalue weighted by atomic mass is 16.6. The first-order valence-electron chi connectivity index (χ1n) is 4.22. The monoisotopic (exact) mass is 170 g/mol. The third-order valence-electron chi connectivity index (χ3n) is 1.88. The molecule has 0 aromatic heterocycles. The van der Waals surface area contributed by atoms with Crippen molar-refractivity contribution in [3.63, 3.8) is 0 Å². The molecule has 1 N–H and O–H groups in total. The first kappa shape index (κ1) is 9.03. The van der Waals surface area contributed by atoms with Gasteiger partial charge >= 0.3 is 0 Å². The number of nitrogens with zero attached hydrogens (tertiary/aromatic N) is 1. The van der Waals surface area contributed by atoms with E-state index in [1.165, 1.54) is 0 Å². The molecule has 1 aliphatic heterocycles. The van der Waals surface area contributed by atoms with Gasteiger partial charge in [-0.15, -0.1) is 0 Å². The molecule has 1 amide bonds. The Hall–Kier alpha value is -1.06. The molecule has 4 heteroatoms. The van der Waals surface area contributed by atoms with Gasteiger partial charge in [0.05, 0.1) is 0 Å². The summed E-state index contributed by atoms with van der Waals surface area (Å²) in [7, 11) is 0. The van der Waals surface area contributed by atoms with Crippen LogP contribution in [0.3, 0.4) is 0 Å². The molecule has 0 spiro atoms. The van der Waals surface area contributed by atoms with E-state index in [9.17, 15) is 4.79 Å². The number of rotatable bonds is 3. The number of carbonyl (C=O) groups is 1. The number of hydrogen-bond donors (Lipinski definition) is 1. The maximum atomic E-state index is 11.3. The van der Waals surface area contributed by atoms with E-state index >= 15 is 0 Å². The molecule has 12 heavy (non-hydrogen) atoms. The van der Waals surface area contributed by atoms with Crippen molar-refractivity contribution in [2.24, 2.45) is 5.16 Å². The van der Waals surface area contributed by atoms with E-state index in [0.29, 0.717) is 6.42 Å². The van der Waals surface area contributed by atoms with Gasteiger partial charge in [-0.05, 0) is 13.3 Å². The van der Waals surface area contributed by atoms with E-state index in [1.54, 1.807) is 6.21 Å². The number of amides is 1. The fourth-order valence-electron chi connectivity index (χ4n) is 0.891. The number of hydrogen-bond acceptors (Lipinski definition) is 3. The van der Waals surface area contributed by atoms with Crippen LogP contribution in [0.2, 0.25) is 0 Å². The summed E-state index contributed by atoms with van der Waals surface area (Å²) in [5, 5.41) is 6.36. The van der Waals surface area contributed by atoms with Crippen molar-refractivity contribution in [1.82, 2.24) is 5.32 Å². The van der Waals surface area contributed by atoms with Gasteiger partial charge in [0.1, 0.15) is 0 Å². The number of nitrogens with one attached hydrogen (secondary N) is 1. The molecule has 4 nitrogen and oxygen atoms in total. The van der Waals surface area contributed by atoms with Gasteiger partial charge in [-0.3, -0.25) is 4.79 Å². The van der Waals surface area contributed by atoms with Crippen molar-refractivity contribution in [1.29, 1.82) is 0 Å². The van der Waals surface area contributed by atoms with Gasteiger partial charge in [-0.1, -0.05) is 12.1 Å². The third kappa shape index (κ3) is 2.22. The fourth-order valence-corrected chi connectivity index (χ4v) is 0.891. The highest BCUT2D eigenvalue weighted by Gasteiger charge is 2.23. The van der Waals surface area contributed by atoms with E-state index in [2.05, 4.69) is 10.5 Å². The molecule has 1 rings (SSSR count). The Morgan fingerprint density at radius 2 is 2.67 bits per heavy atom. The van der Waals surface area contributed by atoms with Crippen LogP contribution in [0.1, 0.15) is 26.7 Å². The Morgan fingerprint density at radius 1 is 1.92 bits per heavy atom. The predicted molar refractivity (Wildman–Crippen MR) is 45.9 cm³/mol. The van der Waals surface area contributed by atoms with Gasteiger partial charge in [0, 0.05) is 18.7 Å². The molecular formula is C8H14N2O2. The maximum absolute atomic E-state index is 11.3. The lowest BCUT2D eigenvalue weighted by molar-refractivity contribution is -0.131. The first-order valence-corrected chi connectivity index (χ1v) is 4.22. The SMILES string of the molecule is CCC(C)NC(=O)C1CC=NO1. The molecule has 0 fully saturated rings. The van der Waals surface area contributed by atoms with Crippen LogP contribution in [0, 0.1) is 0 Å². The minimum absolute atomic E-state index is 0.0677. The minimum atomic E-state index is -0.404. The lowest BCUT2D eigenvalue weighted by Crippen LogP contribution is -2.39. The Kier molecular flexibility index (Phi) is 3.08. The number of oxime groups is 1. The van der Waals surface area contributed by atoms with Gasteiger partial charge in [0.2, 0.25) is 6.10 Å². The van der Waals surface area contributed by atoms with Crippen LogP contribution in [0.4, 0.5) is 0 Å². The lowest BCUT2D eigenvalue weighted by atomic mass is 10.2. The van der Waals surface area contributed by atoms with Gasteiger partial charge in [0.25, 0.3) is 5.91 Å². The van der Waals surface area contributed by atoms with E-state index in [0.717, 1.165) is 6.42 Å². The summed E-state index contributed by atoms with van der Waals surface area (Å²) in [6.45, 7) is 3.99. The minimum Gasteiger partial charge on any atom is -0.382 e. The normalized spacial score (nSPS) is 23.3. The van der Waals surface area contributed by atoms with Crippen molar-refractivity contribution in [2.45, 2.75) is 38.8 Å². The second-order valence-corrected chi connectivity index (χ2v) is 2.94. The van der Waals surface area contributed by atoms with Crippen molar-refractivity contribution in [3.05, 3.63) is 0 Å². The van der Waals surface area contributed by atoms with E-state index in [4.69, 9.17) is 4.84 Å². The Labute approximate surface area is 72.0 Å². The zero-order valence-electron chi connectivity index (χ0n) is 7.41. The molecule has 68 valence electrons. The third-order valence-corrected chi connectivity index (χ3v) is 1.88. The summed E-state index contributed by atoms with van der Waals surface area (Å²) >= 11 is 0. The summed E-state index contributed by atoms with van der Waals surface area (Å²) in [5.41, 5.74) is 0. The average Bonchev–Trinajstić information content (AvgIpc) is 2.56. The summed E-state index contributed by atoms with van der Waals surface area (Å²) < 4.78 is 0. The maximum Gasteiger partial charge on any atom is 0.264 e. The standard InChI is InChI=1S/C8H14N2O2/c1-3-6(2)10-8(11)7-4-5-9-12-7/h5-7H,3-4H2,1-2H3,(H,10,11). The van der Waals surface area contributed by atoms with Crippen LogP contribution < -0.4 is 5.32 Å². The molecule has 0 aromatic carbocycles. The van der Waals surface area contributed by atoms with Crippen LogP contribution in [0.15, 0.2) is 5.16 Å². The molecule has 1 heterocycles. The quantitative estimate of drug-likeness (QED) is 0.677. The van der Waals surface area contributed by atoms with Gasteiger partial charge < -0.3 is 10.2 Å². The molecule has 2 unspecified atom stereocenters. The van der Waals surface area contributed by atoms with Crippen LogP contribution in [-0.2, 0) is 9.63 Å². The number of carbonyl (C=O) groups excluding carboxylic acids is 1. The van der Waals surface area contributed by atoms with Crippen LogP contribution in [-0.4, -0.2) is 24.3 Å². The highest BCUT2D eigenvalue weighted by molar-refractivity contribution is 5.84. The lowest BCUT2D eigenvalue weighted by Gasteiger charge is -2.13. The summed E-state index contributed by atoms with van der Waals surface area (Å²) in [6, 6.07) is 0.210. The first-order chi connectivity index (χ1) is 5.74. The fraction of sp³-hybridized carbons (Fsp3) is 0.750. The van der Waals surface area contributed by atoms with E-state index in [1.807, 2.05) is 13.8 Å². The van der Waals surface area contributed by atoms with Crippen molar-refractivity contribution >= 4 is 12.1 Å². The van der Waals surface area contributed by atoms with E-state index in [-0.39, 0.29) is 11.9 Å². The van der Waals surface area contributed by atoms with Gasteiger partial charge in [-0.25, -0.2) is 0 Å². The smallest absolute Gasteiger partial charge is 0.264 e. The van der Waals surface area contributed by atoms with Crippen LogP contribution in [0.25, 0.3) is 0 Å². The van der Waals surface area contributed by atoms with Gasteiger partial charge in [-0.2, -0.15) is 0 Å². The Balaban J connectivity index is 2.28. The summed E-state index contributed by atoms with van der Waals surface area (Å²) in [4.78, 5) is 16.1. The van der Waals surface area contributed by atoms with Crippen molar-refractivity contribution < 1.29 is 9.63 Å². The highest BCUT2D eigenvalue weighted by Crippen LogP contribution is 2.04. The van der Waals surface area contributed by atoms with Crippen molar-refractivity contribution in [2.75, 3.05) is 0 Å².